The summed E-state index contributed by atoms with van der Waals surface area (Å²) in [7, 11) is 1.71. The number of hydrogen-bond acceptors (Lipinski definition) is 4. The SMILES string of the molecule is CCN1CCN(C(=NCCCOC)NN)CC1C. The maximum atomic E-state index is 5.56. The molecule has 0 aliphatic carbocycles. The van der Waals surface area contributed by atoms with E-state index in [0.717, 1.165) is 51.7 Å². The van der Waals surface area contributed by atoms with Gasteiger partial charge in [-0.15, -0.1) is 0 Å². The summed E-state index contributed by atoms with van der Waals surface area (Å²) in [6, 6.07) is 0.543. The lowest BCUT2D eigenvalue weighted by Crippen LogP contribution is -2.57. The Morgan fingerprint density at radius 1 is 1.50 bits per heavy atom. The number of hydrazine groups is 1. The summed E-state index contributed by atoms with van der Waals surface area (Å²) in [6.07, 6.45) is 0.923. The van der Waals surface area contributed by atoms with Crippen LogP contribution in [0.25, 0.3) is 0 Å². The molecular formula is C12H27N5O. The summed E-state index contributed by atoms with van der Waals surface area (Å²) >= 11 is 0. The van der Waals surface area contributed by atoms with Crippen molar-refractivity contribution in [3.8, 4) is 0 Å². The highest BCUT2D eigenvalue weighted by molar-refractivity contribution is 5.79. The number of nitrogens with two attached hydrogens (primary N) is 1. The third-order valence-corrected chi connectivity index (χ3v) is 3.37. The molecule has 0 amide bonds. The summed E-state index contributed by atoms with van der Waals surface area (Å²) in [5.41, 5.74) is 2.72. The fourth-order valence-electron chi connectivity index (χ4n) is 2.29. The lowest BCUT2D eigenvalue weighted by molar-refractivity contribution is 0.127. The zero-order valence-electron chi connectivity index (χ0n) is 11.9. The number of hydrogen-bond donors (Lipinski definition) is 2. The van der Waals surface area contributed by atoms with Gasteiger partial charge in [-0.25, -0.2) is 5.84 Å². The Labute approximate surface area is 110 Å². The number of nitrogens with zero attached hydrogens (tertiary/aromatic N) is 3. The first-order valence-electron chi connectivity index (χ1n) is 6.71. The standard InChI is InChI=1S/C12H27N5O/c1-4-16-7-8-17(10-11(16)2)12(15-13)14-6-5-9-18-3/h11H,4-10,13H2,1-3H3,(H,14,15). The van der Waals surface area contributed by atoms with Gasteiger partial charge in [-0.1, -0.05) is 6.92 Å². The normalized spacial score (nSPS) is 22.3. The van der Waals surface area contributed by atoms with Gasteiger partial charge in [0.2, 0.25) is 5.96 Å². The van der Waals surface area contributed by atoms with Gasteiger partial charge in [-0.05, 0) is 19.9 Å². The lowest BCUT2D eigenvalue weighted by atomic mass is 10.2. The number of piperazine rings is 1. The minimum Gasteiger partial charge on any atom is -0.385 e. The fraction of sp³-hybridized carbons (Fsp3) is 0.917. The van der Waals surface area contributed by atoms with Crippen molar-refractivity contribution in [2.24, 2.45) is 10.8 Å². The van der Waals surface area contributed by atoms with Crippen LogP contribution in [0.4, 0.5) is 0 Å². The number of methoxy groups -OCH3 is 1. The van der Waals surface area contributed by atoms with Crippen molar-refractivity contribution in [2.45, 2.75) is 26.3 Å². The second-order valence-electron chi connectivity index (χ2n) is 4.62. The molecule has 1 atom stereocenters. The van der Waals surface area contributed by atoms with E-state index in [-0.39, 0.29) is 0 Å². The number of likely N-dealkylation sites (N-methyl/N-ethyl adjacent to an activating group) is 1. The van der Waals surface area contributed by atoms with Crippen LogP contribution in [-0.2, 0) is 4.74 Å². The third-order valence-electron chi connectivity index (χ3n) is 3.37. The van der Waals surface area contributed by atoms with Crippen molar-refractivity contribution in [3.63, 3.8) is 0 Å². The molecular weight excluding hydrogens is 230 g/mol. The minimum atomic E-state index is 0.543. The van der Waals surface area contributed by atoms with Gasteiger partial charge in [-0.3, -0.25) is 15.3 Å². The average molecular weight is 257 g/mol. The Hall–Kier alpha value is -0.850. The molecule has 6 nitrogen and oxygen atoms in total. The van der Waals surface area contributed by atoms with Crippen LogP contribution in [0.3, 0.4) is 0 Å². The molecule has 0 aromatic carbocycles. The van der Waals surface area contributed by atoms with E-state index >= 15 is 0 Å². The van der Waals surface area contributed by atoms with Crippen LogP contribution >= 0.6 is 0 Å². The largest absolute Gasteiger partial charge is 0.385 e. The van der Waals surface area contributed by atoms with E-state index in [0.29, 0.717) is 6.04 Å². The molecule has 0 spiro atoms. The van der Waals surface area contributed by atoms with Crippen molar-refractivity contribution in [2.75, 3.05) is 46.4 Å². The molecule has 1 fully saturated rings. The van der Waals surface area contributed by atoms with Crippen molar-refractivity contribution in [1.82, 2.24) is 15.2 Å². The van der Waals surface area contributed by atoms with Gasteiger partial charge in [0.05, 0.1) is 0 Å². The van der Waals surface area contributed by atoms with Crippen molar-refractivity contribution in [1.29, 1.82) is 0 Å². The summed E-state index contributed by atoms with van der Waals surface area (Å²) < 4.78 is 5.01. The van der Waals surface area contributed by atoms with Gasteiger partial charge < -0.3 is 9.64 Å². The highest BCUT2D eigenvalue weighted by Gasteiger charge is 2.23. The van der Waals surface area contributed by atoms with E-state index in [9.17, 15) is 0 Å². The number of aliphatic imine (C=N–C) groups is 1. The molecule has 1 rings (SSSR count). The molecule has 106 valence electrons. The second-order valence-corrected chi connectivity index (χ2v) is 4.62. The highest BCUT2D eigenvalue weighted by atomic mass is 16.5. The third kappa shape index (κ3) is 4.44. The molecule has 1 aliphatic rings. The molecule has 0 radical (unpaired) electrons. The Kier molecular flexibility index (Phi) is 7.00. The van der Waals surface area contributed by atoms with Crippen molar-refractivity contribution >= 4 is 5.96 Å². The Balaban J connectivity index is 2.45. The van der Waals surface area contributed by atoms with E-state index in [1.807, 2.05) is 0 Å². The van der Waals surface area contributed by atoms with Crippen molar-refractivity contribution < 1.29 is 4.74 Å². The molecule has 0 saturated carbocycles. The number of nitrogens with one attached hydrogen (secondary N) is 1. The van der Waals surface area contributed by atoms with Crippen LogP contribution in [0.1, 0.15) is 20.3 Å². The Bertz CT molecular complexity index is 259. The van der Waals surface area contributed by atoms with Crippen LogP contribution < -0.4 is 11.3 Å². The summed E-state index contributed by atoms with van der Waals surface area (Å²) in [4.78, 5) is 9.19. The van der Waals surface area contributed by atoms with E-state index in [1.165, 1.54) is 0 Å². The smallest absolute Gasteiger partial charge is 0.208 e. The zero-order chi connectivity index (χ0) is 13.4. The molecule has 0 aromatic heterocycles. The topological polar surface area (TPSA) is 66.1 Å². The zero-order valence-corrected chi connectivity index (χ0v) is 11.9. The quantitative estimate of drug-likeness (QED) is 0.236. The molecule has 18 heavy (non-hydrogen) atoms. The van der Waals surface area contributed by atoms with Crippen LogP contribution in [0, 0.1) is 0 Å². The van der Waals surface area contributed by atoms with Gasteiger partial charge in [0, 0.05) is 45.9 Å². The minimum absolute atomic E-state index is 0.543. The van der Waals surface area contributed by atoms with E-state index < -0.39 is 0 Å². The molecule has 1 aliphatic heterocycles. The van der Waals surface area contributed by atoms with Gasteiger partial charge >= 0.3 is 0 Å². The van der Waals surface area contributed by atoms with E-state index in [2.05, 4.69) is 34.1 Å². The molecule has 6 heteroatoms. The van der Waals surface area contributed by atoms with Gasteiger partial charge in [0.15, 0.2) is 0 Å². The van der Waals surface area contributed by atoms with E-state index in [4.69, 9.17) is 10.6 Å². The maximum absolute atomic E-state index is 5.56. The Morgan fingerprint density at radius 2 is 2.28 bits per heavy atom. The van der Waals surface area contributed by atoms with Crippen LogP contribution in [-0.4, -0.2) is 68.2 Å². The lowest BCUT2D eigenvalue weighted by Gasteiger charge is -2.40. The molecule has 1 heterocycles. The van der Waals surface area contributed by atoms with E-state index in [1.54, 1.807) is 7.11 Å². The average Bonchev–Trinajstić information content (AvgIpc) is 2.39. The monoisotopic (exact) mass is 257 g/mol. The molecule has 0 bridgehead atoms. The summed E-state index contributed by atoms with van der Waals surface area (Å²) in [6.45, 7) is 10.0. The number of rotatable bonds is 5. The van der Waals surface area contributed by atoms with Gasteiger partial charge in [-0.2, -0.15) is 0 Å². The maximum Gasteiger partial charge on any atom is 0.208 e. The van der Waals surface area contributed by atoms with Crippen LogP contribution in [0.15, 0.2) is 4.99 Å². The predicted molar refractivity (Wildman–Crippen MR) is 74.4 cm³/mol. The number of ether oxygens (including phenoxy) is 1. The summed E-state index contributed by atoms with van der Waals surface area (Å²) in [5, 5.41) is 0. The van der Waals surface area contributed by atoms with Gasteiger partial charge in [0.1, 0.15) is 0 Å². The molecule has 1 saturated heterocycles. The highest BCUT2D eigenvalue weighted by Crippen LogP contribution is 2.08. The predicted octanol–water partition coefficient (Wildman–Crippen LogP) is -0.132. The first-order chi connectivity index (χ1) is 8.72. The molecule has 0 aromatic rings. The van der Waals surface area contributed by atoms with Crippen LogP contribution in [0.2, 0.25) is 0 Å². The molecule has 1 unspecified atom stereocenters. The van der Waals surface area contributed by atoms with Crippen LogP contribution in [0.5, 0.6) is 0 Å². The first-order valence-corrected chi connectivity index (χ1v) is 6.71. The molecule has 3 N–H and O–H groups in total. The van der Waals surface area contributed by atoms with Gasteiger partial charge in [0.25, 0.3) is 0 Å². The van der Waals surface area contributed by atoms with Crippen molar-refractivity contribution in [3.05, 3.63) is 0 Å². The first kappa shape index (κ1) is 15.2. The summed E-state index contributed by atoms with van der Waals surface area (Å²) in [5.74, 6) is 6.36. The second kappa shape index (κ2) is 8.29. The Morgan fingerprint density at radius 3 is 2.83 bits per heavy atom. The number of guanidine groups is 1. The fourth-order valence-corrected chi connectivity index (χ4v) is 2.29.